The van der Waals surface area contributed by atoms with Gasteiger partial charge in [-0.05, 0) is 18.6 Å². The van der Waals surface area contributed by atoms with E-state index >= 15 is 0 Å². The minimum absolute atomic E-state index is 0.00929. The Balaban J connectivity index is 2.07. The Bertz CT molecular complexity index is 319. The van der Waals surface area contributed by atoms with Gasteiger partial charge in [0, 0.05) is 0 Å². The maximum absolute atomic E-state index is 9.50. The highest BCUT2D eigenvalue weighted by molar-refractivity contribution is 6.26. The highest BCUT2D eigenvalue weighted by Crippen LogP contribution is 2.30. The lowest BCUT2D eigenvalue weighted by molar-refractivity contribution is 0.235. The van der Waals surface area contributed by atoms with E-state index in [1.165, 1.54) is 0 Å². The summed E-state index contributed by atoms with van der Waals surface area (Å²) in [5.41, 5.74) is 1.15. The molecule has 75 valence electrons. The first kappa shape index (κ1) is 9.62. The molecule has 2 N–H and O–H groups in total. The predicted molar refractivity (Wildman–Crippen MR) is 55.2 cm³/mol. The van der Waals surface area contributed by atoms with E-state index in [-0.39, 0.29) is 11.8 Å². The third-order valence-electron chi connectivity index (χ3n) is 2.15. The van der Waals surface area contributed by atoms with Crippen molar-refractivity contribution in [3.05, 3.63) is 29.8 Å². The molecule has 1 unspecified atom stereocenters. The summed E-state index contributed by atoms with van der Waals surface area (Å²) in [5, 5.41) is 12.6. The van der Waals surface area contributed by atoms with Gasteiger partial charge in [-0.1, -0.05) is 23.7 Å². The zero-order valence-corrected chi connectivity index (χ0v) is 8.29. The zero-order chi connectivity index (χ0) is 9.97. The van der Waals surface area contributed by atoms with Gasteiger partial charge in [0.15, 0.2) is 0 Å². The number of halogens is 1. The SMILES string of the molecule is Oc1ccccc1NC1CCO[C]1Cl. The van der Waals surface area contributed by atoms with Gasteiger partial charge in [-0.3, -0.25) is 0 Å². The van der Waals surface area contributed by atoms with Gasteiger partial charge < -0.3 is 15.2 Å². The number of hydrogen-bond acceptors (Lipinski definition) is 3. The summed E-state index contributed by atoms with van der Waals surface area (Å²) in [6, 6.07) is 7.05. The minimum Gasteiger partial charge on any atom is -0.506 e. The van der Waals surface area contributed by atoms with Crippen LogP contribution in [0.25, 0.3) is 0 Å². The van der Waals surface area contributed by atoms with E-state index in [0.29, 0.717) is 17.9 Å². The average molecular weight is 213 g/mol. The molecule has 3 nitrogen and oxygen atoms in total. The van der Waals surface area contributed by atoms with Crippen molar-refractivity contribution in [3.8, 4) is 5.75 Å². The number of phenols is 1. The number of ether oxygens (including phenoxy) is 1. The molecule has 1 radical (unpaired) electrons. The van der Waals surface area contributed by atoms with Crippen LogP contribution in [0.4, 0.5) is 5.69 Å². The van der Waals surface area contributed by atoms with Gasteiger partial charge >= 0.3 is 0 Å². The summed E-state index contributed by atoms with van der Waals surface area (Å²) < 4.78 is 5.12. The molecule has 0 bridgehead atoms. The molecule has 1 atom stereocenters. The van der Waals surface area contributed by atoms with Crippen LogP contribution in [0, 0.1) is 5.56 Å². The number of aromatic hydroxyl groups is 1. The van der Waals surface area contributed by atoms with Gasteiger partial charge in [-0.15, -0.1) is 0 Å². The average Bonchev–Trinajstić information content (AvgIpc) is 2.56. The Hall–Kier alpha value is -0.930. The maximum atomic E-state index is 9.50. The number of nitrogens with one attached hydrogen (secondary N) is 1. The van der Waals surface area contributed by atoms with E-state index in [1.54, 1.807) is 18.2 Å². The van der Waals surface area contributed by atoms with Crippen LogP contribution < -0.4 is 5.32 Å². The molecule has 0 aromatic heterocycles. The summed E-state index contributed by atoms with van der Waals surface area (Å²) in [4.78, 5) is 0. The van der Waals surface area contributed by atoms with Crippen LogP contribution >= 0.6 is 11.6 Å². The summed E-state index contributed by atoms with van der Waals surface area (Å²) >= 11 is 5.83. The predicted octanol–water partition coefficient (Wildman–Crippen LogP) is 2.32. The van der Waals surface area contributed by atoms with E-state index in [2.05, 4.69) is 5.32 Å². The Kier molecular flexibility index (Phi) is 2.79. The van der Waals surface area contributed by atoms with Crippen molar-refractivity contribution in [2.24, 2.45) is 0 Å². The molecule has 0 saturated carbocycles. The highest BCUT2D eigenvalue weighted by atomic mass is 35.5. The Labute approximate surface area is 87.6 Å². The molecule has 1 aliphatic rings. The molecule has 0 aliphatic carbocycles. The van der Waals surface area contributed by atoms with Crippen molar-refractivity contribution in [1.82, 2.24) is 0 Å². The van der Waals surface area contributed by atoms with Crippen molar-refractivity contribution in [2.45, 2.75) is 12.5 Å². The fraction of sp³-hybridized carbons (Fsp3) is 0.300. The van der Waals surface area contributed by atoms with Crippen LogP contribution in [-0.2, 0) is 4.74 Å². The number of hydrogen-bond donors (Lipinski definition) is 2. The number of para-hydroxylation sites is 2. The molecular formula is C10H11ClNO2. The lowest BCUT2D eigenvalue weighted by Crippen LogP contribution is -2.19. The van der Waals surface area contributed by atoms with Crippen LogP contribution in [-0.4, -0.2) is 17.8 Å². The fourth-order valence-corrected chi connectivity index (χ4v) is 1.64. The van der Waals surface area contributed by atoms with Crippen LogP contribution in [0.2, 0.25) is 0 Å². The van der Waals surface area contributed by atoms with E-state index in [4.69, 9.17) is 16.3 Å². The van der Waals surface area contributed by atoms with Gasteiger partial charge in [-0.25, -0.2) is 0 Å². The molecule has 0 amide bonds. The molecule has 14 heavy (non-hydrogen) atoms. The molecule has 1 saturated heterocycles. The van der Waals surface area contributed by atoms with Crippen LogP contribution in [0.15, 0.2) is 24.3 Å². The zero-order valence-electron chi connectivity index (χ0n) is 7.53. The van der Waals surface area contributed by atoms with Gasteiger partial charge in [0.1, 0.15) is 5.75 Å². The molecular weight excluding hydrogens is 202 g/mol. The molecule has 1 aromatic rings. The van der Waals surface area contributed by atoms with Gasteiger partial charge in [0.25, 0.3) is 0 Å². The Morgan fingerprint density at radius 2 is 2.21 bits per heavy atom. The number of phenolic OH excluding ortho intramolecular Hbond substituents is 1. The summed E-state index contributed by atoms with van der Waals surface area (Å²) in [6.45, 7) is 0.629. The van der Waals surface area contributed by atoms with Gasteiger partial charge in [0.2, 0.25) is 5.56 Å². The molecule has 4 heteroatoms. The van der Waals surface area contributed by atoms with Crippen molar-refractivity contribution in [1.29, 1.82) is 0 Å². The largest absolute Gasteiger partial charge is 0.506 e. The van der Waals surface area contributed by atoms with E-state index < -0.39 is 0 Å². The first-order chi connectivity index (χ1) is 6.77. The normalized spacial score (nSPS) is 22.5. The van der Waals surface area contributed by atoms with E-state index in [9.17, 15) is 5.11 Å². The Morgan fingerprint density at radius 3 is 2.86 bits per heavy atom. The molecule has 1 aliphatic heterocycles. The van der Waals surface area contributed by atoms with Crippen LogP contribution in [0.5, 0.6) is 5.75 Å². The first-order valence-electron chi connectivity index (χ1n) is 4.47. The van der Waals surface area contributed by atoms with Crippen LogP contribution in [0.3, 0.4) is 0 Å². The van der Waals surface area contributed by atoms with Crippen molar-refractivity contribution in [3.63, 3.8) is 0 Å². The number of anilines is 1. The van der Waals surface area contributed by atoms with Gasteiger partial charge in [-0.2, -0.15) is 0 Å². The molecule has 2 rings (SSSR count). The maximum Gasteiger partial charge on any atom is 0.206 e. The van der Waals surface area contributed by atoms with Gasteiger partial charge in [0.05, 0.1) is 18.3 Å². The molecule has 1 heterocycles. The van der Waals surface area contributed by atoms with Crippen LogP contribution in [0.1, 0.15) is 6.42 Å². The summed E-state index contributed by atoms with van der Waals surface area (Å²) in [6.07, 6.45) is 0.827. The Morgan fingerprint density at radius 1 is 1.43 bits per heavy atom. The monoisotopic (exact) mass is 212 g/mol. The van der Waals surface area contributed by atoms with Crippen molar-refractivity contribution >= 4 is 17.3 Å². The van der Waals surface area contributed by atoms with Crippen molar-refractivity contribution in [2.75, 3.05) is 11.9 Å². The second kappa shape index (κ2) is 4.07. The first-order valence-corrected chi connectivity index (χ1v) is 4.85. The summed E-state index contributed by atoms with van der Waals surface area (Å²) in [7, 11) is 0. The second-order valence-electron chi connectivity index (χ2n) is 3.16. The second-order valence-corrected chi connectivity index (χ2v) is 3.53. The molecule has 1 aromatic carbocycles. The topological polar surface area (TPSA) is 41.5 Å². The number of rotatable bonds is 2. The van der Waals surface area contributed by atoms with E-state index in [1.807, 2.05) is 6.07 Å². The highest BCUT2D eigenvalue weighted by Gasteiger charge is 2.27. The van der Waals surface area contributed by atoms with Crippen molar-refractivity contribution < 1.29 is 9.84 Å². The fourth-order valence-electron chi connectivity index (χ4n) is 1.40. The lowest BCUT2D eigenvalue weighted by atomic mass is 10.2. The lowest BCUT2D eigenvalue weighted by Gasteiger charge is -2.15. The molecule has 1 fully saturated rings. The standard InChI is InChI=1S/C10H11ClNO2/c11-10-8(5-6-14-10)12-7-3-1-2-4-9(7)13/h1-4,8,12-13H,5-6H2. The quantitative estimate of drug-likeness (QED) is 0.740. The smallest absolute Gasteiger partial charge is 0.206 e. The molecule has 0 spiro atoms. The van der Waals surface area contributed by atoms with E-state index in [0.717, 1.165) is 6.42 Å². The third-order valence-corrected chi connectivity index (χ3v) is 2.53. The summed E-state index contributed by atoms with van der Waals surface area (Å²) in [5.74, 6) is 0.226. The number of benzene rings is 1. The minimum atomic E-state index is -0.00929. The third kappa shape index (κ3) is 1.94.